The van der Waals surface area contributed by atoms with Crippen LogP contribution in [0.25, 0.3) is 0 Å². The number of amides is 1. The molecule has 0 aromatic heterocycles. The maximum Gasteiger partial charge on any atom is 0.220 e. The molecule has 1 rings (SSSR count). The van der Waals surface area contributed by atoms with Crippen molar-refractivity contribution in [2.24, 2.45) is 0 Å². The Labute approximate surface area is 242 Å². The number of carbonyl (C=O) groups excluding carboxylic acids is 1. The highest BCUT2D eigenvalue weighted by Gasteiger charge is 2.44. The number of rotatable bonds is 24. The van der Waals surface area contributed by atoms with E-state index in [1.807, 2.05) is 0 Å². The minimum absolute atomic E-state index is 0.149. The summed E-state index contributed by atoms with van der Waals surface area (Å²) >= 11 is 0. The molecule has 6 N–H and O–H groups in total. The van der Waals surface area contributed by atoms with E-state index in [0.717, 1.165) is 44.9 Å². The van der Waals surface area contributed by atoms with Gasteiger partial charge in [0, 0.05) is 6.42 Å². The summed E-state index contributed by atoms with van der Waals surface area (Å²) in [5, 5.41) is 53.5. The van der Waals surface area contributed by atoms with Gasteiger partial charge in [0.05, 0.1) is 25.4 Å². The van der Waals surface area contributed by atoms with Gasteiger partial charge in [0.15, 0.2) is 6.29 Å². The molecule has 0 aromatic carbocycles. The Morgan fingerprint density at radius 1 is 0.825 bits per heavy atom. The van der Waals surface area contributed by atoms with Crippen LogP contribution in [0.2, 0.25) is 0 Å². The van der Waals surface area contributed by atoms with Crippen molar-refractivity contribution in [2.45, 2.75) is 166 Å². The third-order valence-electron chi connectivity index (χ3n) is 7.62. The zero-order valence-corrected chi connectivity index (χ0v) is 25.1. The zero-order chi connectivity index (χ0) is 29.6. The summed E-state index contributed by atoms with van der Waals surface area (Å²) in [6.07, 6.45) is 13.9. The van der Waals surface area contributed by atoms with E-state index in [2.05, 4.69) is 31.3 Å². The van der Waals surface area contributed by atoms with Crippen LogP contribution in [0.1, 0.15) is 123 Å². The molecule has 1 aliphatic heterocycles. The van der Waals surface area contributed by atoms with Gasteiger partial charge < -0.3 is 40.3 Å². The smallest absolute Gasteiger partial charge is 0.220 e. The monoisotopic (exact) mass is 573 g/mol. The Morgan fingerprint density at radius 3 is 2.02 bits per heavy atom. The summed E-state index contributed by atoms with van der Waals surface area (Å²) in [6.45, 7) is 3.69. The fourth-order valence-corrected chi connectivity index (χ4v) is 4.92. The van der Waals surface area contributed by atoms with Crippen LogP contribution in [-0.2, 0) is 14.3 Å². The average Bonchev–Trinajstić information content (AvgIpc) is 2.95. The van der Waals surface area contributed by atoms with Crippen molar-refractivity contribution >= 4 is 5.91 Å². The third-order valence-corrected chi connectivity index (χ3v) is 7.62. The van der Waals surface area contributed by atoms with E-state index >= 15 is 0 Å². The molecule has 9 nitrogen and oxygen atoms in total. The van der Waals surface area contributed by atoms with Gasteiger partial charge in [-0.1, -0.05) is 90.2 Å². The number of hydrogen-bond acceptors (Lipinski definition) is 8. The van der Waals surface area contributed by atoms with Gasteiger partial charge in [-0.05, 0) is 38.5 Å². The standard InChI is InChI=1S/C31H59NO8/c1-3-5-7-9-11-12-13-15-16-18-20-25(34)24(32-27(35)21-19-17-14-10-8-6-4-2)23-39-31-30(38)29(37)28(36)26(22-33)40-31/h12-13,24-26,28-31,33-34,36-38H,3-11,14-23H2,1-2H3,(H,32,35)/b13-12+/t24-,25+,26+,28+,29?,30?,31+/m0/s1. The quantitative estimate of drug-likeness (QED) is 0.0753. The van der Waals surface area contributed by atoms with Gasteiger partial charge in [-0.3, -0.25) is 4.79 Å². The molecule has 0 aromatic rings. The predicted molar refractivity (Wildman–Crippen MR) is 157 cm³/mol. The number of carbonyl (C=O) groups is 1. The Balaban J connectivity index is 2.55. The van der Waals surface area contributed by atoms with Crippen LogP contribution in [-0.4, -0.2) is 87.5 Å². The molecule has 1 aliphatic rings. The first kappa shape index (κ1) is 37.0. The molecular weight excluding hydrogens is 514 g/mol. The summed E-state index contributed by atoms with van der Waals surface area (Å²) < 4.78 is 11.1. The van der Waals surface area contributed by atoms with E-state index in [1.54, 1.807) is 0 Å². The first-order chi connectivity index (χ1) is 19.3. The van der Waals surface area contributed by atoms with Crippen molar-refractivity contribution < 1.29 is 39.8 Å². The summed E-state index contributed by atoms with van der Waals surface area (Å²) in [4.78, 5) is 12.7. The number of unbranched alkanes of at least 4 members (excludes halogenated alkanes) is 12. The van der Waals surface area contributed by atoms with Gasteiger partial charge in [-0.15, -0.1) is 0 Å². The van der Waals surface area contributed by atoms with Crippen molar-refractivity contribution in [2.75, 3.05) is 13.2 Å². The van der Waals surface area contributed by atoms with Crippen LogP contribution >= 0.6 is 0 Å². The lowest BCUT2D eigenvalue weighted by Crippen LogP contribution is -2.60. The lowest BCUT2D eigenvalue weighted by atomic mass is 9.99. The number of aliphatic hydroxyl groups is 5. The van der Waals surface area contributed by atoms with Crippen molar-refractivity contribution in [1.29, 1.82) is 0 Å². The van der Waals surface area contributed by atoms with E-state index in [-0.39, 0.29) is 12.5 Å². The topological polar surface area (TPSA) is 149 Å². The third kappa shape index (κ3) is 15.8. The number of nitrogens with one attached hydrogen (secondary N) is 1. The minimum atomic E-state index is -1.55. The first-order valence-corrected chi connectivity index (χ1v) is 15.9. The molecule has 0 saturated carbocycles. The fraction of sp³-hybridized carbons (Fsp3) is 0.903. The Hall–Kier alpha value is -1.07. The van der Waals surface area contributed by atoms with Gasteiger partial charge in [0.2, 0.25) is 5.91 Å². The molecule has 9 heteroatoms. The molecule has 1 amide bonds. The lowest BCUT2D eigenvalue weighted by molar-refractivity contribution is -0.302. The molecule has 0 aliphatic carbocycles. The van der Waals surface area contributed by atoms with E-state index < -0.39 is 49.5 Å². The molecular formula is C31H59NO8. The highest BCUT2D eigenvalue weighted by molar-refractivity contribution is 5.76. The fourth-order valence-electron chi connectivity index (χ4n) is 4.92. The summed E-state index contributed by atoms with van der Waals surface area (Å²) in [5.74, 6) is -0.166. The highest BCUT2D eigenvalue weighted by Crippen LogP contribution is 2.22. The molecule has 0 spiro atoms. The van der Waals surface area contributed by atoms with Crippen molar-refractivity contribution in [1.82, 2.24) is 5.32 Å². The zero-order valence-electron chi connectivity index (χ0n) is 25.1. The normalized spacial score (nSPS) is 24.8. The van der Waals surface area contributed by atoms with Crippen LogP contribution in [0.4, 0.5) is 0 Å². The van der Waals surface area contributed by atoms with E-state index in [9.17, 15) is 30.3 Å². The van der Waals surface area contributed by atoms with Gasteiger partial charge in [-0.25, -0.2) is 0 Å². The maximum absolute atomic E-state index is 12.7. The van der Waals surface area contributed by atoms with Gasteiger partial charge in [0.25, 0.3) is 0 Å². The highest BCUT2D eigenvalue weighted by atomic mass is 16.7. The van der Waals surface area contributed by atoms with E-state index in [1.165, 1.54) is 51.4 Å². The molecule has 1 heterocycles. The van der Waals surface area contributed by atoms with Crippen LogP contribution in [0.5, 0.6) is 0 Å². The van der Waals surface area contributed by atoms with Crippen molar-refractivity contribution in [3.05, 3.63) is 12.2 Å². The Bertz CT molecular complexity index is 647. The molecule has 0 bridgehead atoms. The summed E-state index contributed by atoms with van der Waals surface area (Å²) in [5.41, 5.74) is 0. The Morgan fingerprint density at radius 2 is 1.40 bits per heavy atom. The number of allylic oxidation sites excluding steroid dienone is 2. The van der Waals surface area contributed by atoms with Crippen molar-refractivity contribution in [3.8, 4) is 0 Å². The molecule has 236 valence electrons. The van der Waals surface area contributed by atoms with Crippen LogP contribution < -0.4 is 5.32 Å². The molecule has 1 fully saturated rings. The Kier molecular flexibility index (Phi) is 21.7. The van der Waals surface area contributed by atoms with Crippen molar-refractivity contribution in [3.63, 3.8) is 0 Å². The first-order valence-electron chi connectivity index (χ1n) is 15.9. The second-order valence-electron chi connectivity index (χ2n) is 11.2. The lowest BCUT2D eigenvalue weighted by Gasteiger charge is -2.40. The molecule has 1 saturated heterocycles. The summed E-state index contributed by atoms with van der Waals surface area (Å²) in [7, 11) is 0. The second kappa shape index (κ2) is 23.5. The average molecular weight is 574 g/mol. The van der Waals surface area contributed by atoms with Gasteiger partial charge in [0.1, 0.15) is 24.4 Å². The van der Waals surface area contributed by atoms with E-state index in [4.69, 9.17) is 9.47 Å². The molecule has 7 atom stereocenters. The predicted octanol–water partition coefficient (Wildman–Crippen LogP) is 3.88. The van der Waals surface area contributed by atoms with Crippen LogP contribution in [0, 0.1) is 0 Å². The summed E-state index contributed by atoms with van der Waals surface area (Å²) in [6, 6.07) is -0.724. The van der Waals surface area contributed by atoms with Gasteiger partial charge >= 0.3 is 0 Å². The number of hydrogen-bond donors (Lipinski definition) is 6. The number of ether oxygens (including phenoxy) is 2. The van der Waals surface area contributed by atoms with E-state index in [0.29, 0.717) is 12.8 Å². The molecule has 0 radical (unpaired) electrons. The SMILES string of the molecule is CCCCCC/C=C/CCCC[C@@H](O)[C@H](CO[C@@H]1O[C@H](CO)[C@@H](O)C(O)C1O)NC(=O)CCCCCCCCC. The van der Waals surface area contributed by atoms with Gasteiger partial charge in [-0.2, -0.15) is 0 Å². The van der Waals surface area contributed by atoms with Crippen LogP contribution in [0.3, 0.4) is 0 Å². The maximum atomic E-state index is 12.7. The molecule has 2 unspecified atom stereocenters. The largest absolute Gasteiger partial charge is 0.394 e. The second-order valence-corrected chi connectivity index (χ2v) is 11.2. The minimum Gasteiger partial charge on any atom is -0.394 e. The van der Waals surface area contributed by atoms with Crippen LogP contribution in [0.15, 0.2) is 12.2 Å². The molecule has 40 heavy (non-hydrogen) atoms. The number of aliphatic hydroxyl groups excluding tert-OH is 5.